The topological polar surface area (TPSA) is 58.3 Å². The molecule has 3 heterocycles. The highest BCUT2D eigenvalue weighted by Gasteiger charge is 2.18. The molecule has 2 aromatic heterocycles. The fraction of sp³-hybridized carbons (Fsp3) is 0.222. The van der Waals surface area contributed by atoms with Gasteiger partial charge in [0.1, 0.15) is 13.2 Å². The van der Waals surface area contributed by atoms with Crippen molar-refractivity contribution >= 4 is 0 Å². The van der Waals surface area contributed by atoms with Crippen LogP contribution in [-0.4, -0.2) is 27.6 Å². The summed E-state index contributed by atoms with van der Waals surface area (Å²) in [7, 11) is 1.87. The van der Waals surface area contributed by atoms with Crippen molar-refractivity contribution in [3.05, 3.63) is 58.8 Å². The predicted octanol–water partition coefficient (Wildman–Crippen LogP) is 2.32. The Morgan fingerprint density at radius 2 is 2.00 bits per heavy atom. The maximum atomic E-state index is 12.6. The molecule has 0 spiro atoms. The Morgan fingerprint density at radius 1 is 1.17 bits per heavy atom. The quantitative estimate of drug-likeness (QED) is 0.726. The van der Waals surface area contributed by atoms with Crippen LogP contribution >= 0.6 is 0 Å². The molecule has 1 aliphatic heterocycles. The summed E-state index contributed by atoms with van der Waals surface area (Å²) in [6.45, 7) is 2.91. The van der Waals surface area contributed by atoms with Crippen LogP contribution < -0.4 is 15.0 Å². The van der Waals surface area contributed by atoms with Crippen molar-refractivity contribution < 1.29 is 9.47 Å². The van der Waals surface area contributed by atoms with Crippen LogP contribution in [0.25, 0.3) is 16.8 Å². The van der Waals surface area contributed by atoms with Crippen LogP contribution in [0.3, 0.4) is 0 Å². The van der Waals surface area contributed by atoms with Gasteiger partial charge in [-0.15, -0.1) is 0 Å². The minimum atomic E-state index is -0.109. The van der Waals surface area contributed by atoms with E-state index < -0.39 is 0 Å². The number of benzene rings is 1. The van der Waals surface area contributed by atoms with Crippen molar-refractivity contribution in [2.45, 2.75) is 6.92 Å². The van der Waals surface area contributed by atoms with Gasteiger partial charge in [-0.3, -0.25) is 14.0 Å². The van der Waals surface area contributed by atoms with Gasteiger partial charge in [-0.2, -0.15) is 5.10 Å². The van der Waals surface area contributed by atoms with Gasteiger partial charge in [-0.05, 0) is 24.6 Å². The fourth-order valence-electron chi connectivity index (χ4n) is 2.93. The summed E-state index contributed by atoms with van der Waals surface area (Å²) in [6.07, 6.45) is 5.55. The number of aryl methyl sites for hydroxylation is 2. The molecule has 122 valence electrons. The van der Waals surface area contributed by atoms with E-state index in [1.807, 2.05) is 44.6 Å². The van der Waals surface area contributed by atoms with E-state index in [1.54, 1.807) is 21.5 Å². The number of nitrogens with zero attached hydrogens (tertiary/aromatic N) is 3. The molecule has 0 saturated heterocycles. The summed E-state index contributed by atoms with van der Waals surface area (Å²) in [6, 6.07) is 7.20. The maximum Gasteiger partial charge on any atom is 0.255 e. The van der Waals surface area contributed by atoms with E-state index in [0.717, 1.165) is 16.7 Å². The van der Waals surface area contributed by atoms with Crippen LogP contribution in [0.5, 0.6) is 11.5 Å². The summed E-state index contributed by atoms with van der Waals surface area (Å²) in [5.41, 5.74) is 3.40. The first kappa shape index (κ1) is 14.6. The van der Waals surface area contributed by atoms with Gasteiger partial charge in [0.05, 0.1) is 11.9 Å². The Hall–Kier alpha value is -3.02. The van der Waals surface area contributed by atoms with E-state index >= 15 is 0 Å². The molecule has 0 radical (unpaired) electrons. The minimum Gasteiger partial charge on any atom is -0.486 e. The zero-order valence-electron chi connectivity index (χ0n) is 13.5. The summed E-state index contributed by atoms with van der Waals surface area (Å²) < 4.78 is 14.7. The van der Waals surface area contributed by atoms with Gasteiger partial charge in [0, 0.05) is 36.6 Å². The molecule has 0 aliphatic carbocycles. The smallest absolute Gasteiger partial charge is 0.255 e. The number of ether oxygens (including phenoxy) is 2. The lowest BCUT2D eigenvalue weighted by atomic mass is 10.1. The van der Waals surface area contributed by atoms with Crippen molar-refractivity contribution in [3.63, 3.8) is 0 Å². The number of pyridine rings is 1. The number of aromatic nitrogens is 3. The van der Waals surface area contributed by atoms with Crippen molar-refractivity contribution in [3.8, 4) is 28.3 Å². The second kappa shape index (κ2) is 5.56. The van der Waals surface area contributed by atoms with E-state index in [4.69, 9.17) is 9.47 Å². The van der Waals surface area contributed by atoms with Crippen LogP contribution in [0.4, 0.5) is 0 Å². The molecule has 3 aromatic rings. The zero-order chi connectivity index (χ0) is 16.7. The van der Waals surface area contributed by atoms with E-state index in [1.165, 1.54) is 0 Å². The zero-order valence-corrected chi connectivity index (χ0v) is 13.5. The molecule has 1 aliphatic rings. The molecular formula is C18H17N3O3. The Bertz CT molecular complexity index is 972. The third-order valence-electron chi connectivity index (χ3n) is 4.08. The average Bonchev–Trinajstić information content (AvgIpc) is 3.01. The summed E-state index contributed by atoms with van der Waals surface area (Å²) in [4.78, 5) is 12.6. The van der Waals surface area contributed by atoms with E-state index in [0.29, 0.717) is 30.4 Å². The Balaban J connectivity index is 1.92. The normalized spacial score (nSPS) is 13.1. The lowest BCUT2D eigenvalue weighted by Crippen LogP contribution is -2.21. The van der Waals surface area contributed by atoms with Crippen LogP contribution in [0.15, 0.2) is 47.7 Å². The number of hydrogen-bond acceptors (Lipinski definition) is 4. The molecule has 24 heavy (non-hydrogen) atoms. The van der Waals surface area contributed by atoms with Gasteiger partial charge >= 0.3 is 0 Å². The molecule has 0 saturated carbocycles. The molecule has 0 atom stereocenters. The molecule has 0 bridgehead atoms. The van der Waals surface area contributed by atoms with E-state index in [2.05, 4.69) is 5.10 Å². The van der Waals surface area contributed by atoms with E-state index in [-0.39, 0.29) is 5.56 Å². The lowest BCUT2D eigenvalue weighted by molar-refractivity contribution is 0.171. The molecule has 1 aromatic carbocycles. The van der Waals surface area contributed by atoms with Crippen molar-refractivity contribution in [2.75, 3.05) is 13.2 Å². The number of para-hydroxylation sites is 1. The van der Waals surface area contributed by atoms with Gasteiger partial charge in [-0.25, -0.2) is 0 Å². The minimum absolute atomic E-state index is 0.109. The molecule has 0 unspecified atom stereocenters. The number of rotatable bonds is 2. The molecule has 6 heteroatoms. The van der Waals surface area contributed by atoms with Crippen LogP contribution in [0, 0.1) is 6.92 Å². The first-order valence-corrected chi connectivity index (χ1v) is 7.75. The second-order valence-electron chi connectivity index (χ2n) is 5.78. The molecule has 0 fully saturated rings. The Morgan fingerprint density at radius 3 is 2.79 bits per heavy atom. The van der Waals surface area contributed by atoms with Crippen molar-refractivity contribution in [2.24, 2.45) is 7.05 Å². The molecule has 4 rings (SSSR count). The fourth-order valence-corrected chi connectivity index (χ4v) is 2.93. The average molecular weight is 323 g/mol. The predicted molar refractivity (Wildman–Crippen MR) is 90.0 cm³/mol. The SMILES string of the molecule is Cc1cc(=O)n(-c2cccc3c2OCCO3)cc1-c1cnn(C)c1. The van der Waals surface area contributed by atoms with Gasteiger partial charge in [-0.1, -0.05) is 6.07 Å². The largest absolute Gasteiger partial charge is 0.486 e. The van der Waals surface area contributed by atoms with Crippen LogP contribution in [-0.2, 0) is 7.05 Å². The highest BCUT2D eigenvalue weighted by molar-refractivity contribution is 5.66. The Labute approximate surface area is 138 Å². The summed E-state index contributed by atoms with van der Waals surface area (Å²) in [5, 5.41) is 4.21. The summed E-state index contributed by atoms with van der Waals surface area (Å²) >= 11 is 0. The first-order valence-electron chi connectivity index (χ1n) is 7.75. The molecule has 0 amide bonds. The first-order chi connectivity index (χ1) is 11.6. The molecule has 0 N–H and O–H groups in total. The van der Waals surface area contributed by atoms with Gasteiger partial charge in [0.15, 0.2) is 11.5 Å². The number of hydrogen-bond donors (Lipinski definition) is 0. The number of fused-ring (bicyclic) bond motifs is 1. The molecule has 6 nitrogen and oxygen atoms in total. The van der Waals surface area contributed by atoms with Crippen LogP contribution in [0.2, 0.25) is 0 Å². The highest BCUT2D eigenvalue weighted by atomic mass is 16.6. The summed E-state index contributed by atoms with van der Waals surface area (Å²) in [5.74, 6) is 1.26. The molecular weight excluding hydrogens is 306 g/mol. The monoisotopic (exact) mass is 323 g/mol. The van der Waals surface area contributed by atoms with Crippen LogP contribution in [0.1, 0.15) is 5.56 Å². The third-order valence-corrected chi connectivity index (χ3v) is 4.08. The van der Waals surface area contributed by atoms with Crippen molar-refractivity contribution in [1.29, 1.82) is 0 Å². The van der Waals surface area contributed by atoms with E-state index in [9.17, 15) is 4.79 Å². The van der Waals surface area contributed by atoms with Gasteiger partial charge in [0.2, 0.25) is 0 Å². The Kier molecular flexibility index (Phi) is 3.37. The lowest BCUT2D eigenvalue weighted by Gasteiger charge is -2.22. The third kappa shape index (κ3) is 2.36. The standard InChI is InChI=1S/C18H17N3O3/c1-12-8-17(22)21(11-14(12)13-9-19-20(2)10-13)15-4-3-5-16-18(15)24-7-6-23-16/h3-5,8-11H,6-7H2,1-2H3. The van der Waals surface area contributed by atoms with Gasteiger partial charge in [0.25, 0.3) is 5.56 Å². The maximum absolute atomic E-state index is 12.6. The van der Waals surface area contributed by atoms with Crippen molar-refractivity contribution in [1.82, 2.24) is 14.3 Å². The second-order valence-corrected chi connectivity index (χ2v) is 5.78. The highest BCUT2D eigenvalue weighted by Crippen LogP contribution is 2.36. The van der Waals surface area contributed by atoms with Gasteiger partial charge < -0.3 is 9.47 Å².